The molecule has 1 aromatic heterocycles. The first-order valence-corrected chi connectivity index (χ1v) is 8.64. The number of amides is 1. The molecule has 1 atom stereocenters. The first-order valence-electron chi connectivity index (χ1n) is 8.26. The van der Waals surface area contributed by atoms with E-state index in [0.717, 1.165) is 31.5 Å². The van der Waals surface area contributed by atoms with Gasteiger partial charge in [0.25, 0.3) is 0 Å². The van der Waals surface area contributed by atoms with Crippen LogP contribution in [0.2, 0.25) is 5.02 Å². The Morgan fingerprint density at radius 3 is 2.67 bits per heavy atom. The first kappa shape index (κ1) is 17.0. The molecule has 24 heavy (non-hydrogen) atoms. The highest BCUT2D eigenvalue weighted by Gasteiger charge is 2.25. The number of aromatic nitrogens is 1. The van der Waals surface area contributed by atoms with Crippen molar-refractivity contribution < 1.29 is 9.21 Å². The molecule has 0 spiro atoms. The highest BCUT2D eigenvalue weighted by molar-refractivity contribution is 6.30. The Labute approximate surface area is 146 Å². The van der Waals surface area contributed by atoms with Crippen molar-refractivity contribution in [3.63, 3.8) is 0 Å². The van der Waals surface area contributed by atoms with E-state index in [-0.39, 0.29) is 18.4 Å². The zero-order valence-corrected chi connectivity index (χ0v) is 14.5. The number of hydrogen-bond acceptors (Lipinski definition) is 4. The van der Waals surface area contributed by atoms with Gasteiger partial charge < -0.3 is 15.1 Å². The lowest BCUT2D eigenvalue weighted by molar-refractivity contribution is -0.132. The SMILES string of the molecule is CC(N)C1CCN(C(=O)Cc2coc(-c3ccc(Cl)cc3)n2)CC1. The third kappa shape index (κ3) is 3.97. The Hall–Kier alpha value is -1.85. The minimum Gasteiger partial charge on any atom is -0.444 e. The van der Waals surface area contributed by atoms with Gasteiger partial charge in [0.05, 0.1) is 12.1 Å². The maximum absolute atomic E-state index is 12.4. The highest BCUT2D eigenvalue weighted by atomic mass is 35.5. The van der Waals surface area contributed by atoms with E-state index >= 15 is 0 Å². The monoisotopic (exact) mass is 347 g/mol. The smallest absolute Gasteiger partial charge is 0.228 e. The van der Waals surface area contributed by atoms with Crippen LogP contribution in [0.4, 0.5) is 0 Å². The second kappa shape index (κ2) is 7.36. The van der Waals surface area contributed by atoms with Crippen molar-refractivity contribution in [1.82, 2.24) is 9.88 Å². The van der Waals surface area contributed by atoms with Gasteiger partial charge in [-0.3, -0.25) is 4.79 Å². The van der Waals surface area contributed by atoms with Crippen LogP contribution in [0.3, 0.4) is 0 Å². The van der Waals surface area contributed by atoms with Gasteiger partial charge in [0.2, 0.25) is 11.8 Å². The number of carbonyl (C=O) groups excluding carboxylic acids is 1. The molecule has 1 aliphatic heterocycles. The molecular formula is C18H22ClN3O2. The van der Waals surface area contributed by atoms with Gasteiger partial charge in [0.1, 0.15) is 6.26 Å². The molecule has 5 nitrogen and oxygen atoms in total. The molecule has 6 heteroatoms. The molecule has 1 aromatic carbocycles. The molecule has 2 aromatic rings. The molecule has 0 saturated carbocycles. The highest BCUT2D eigenvalue weighted by Crippen LogP contribution is 2.22. The lowest BCUT2D eigenvalue weighted by Crippen LogP contribution is -2.43. The molecule has 0 radical (unpaired) electrons. The van der Waals surface area contributed by atoms with Gasteiger partial charge in [-0.2, -0.15) is 0 Å². The average Bonchev–Trinajstić information content (AvgIpc) is 3.04. The molecule has 1 saturated heterocycles. The van der Waals surface area contributed by atoms with E-state index in [4.69, 9.17) is 21.8 Å². The van der Waals surface area contributed by atoms with Crippen LogP contribution in [0.25, 0.3) is 11.5 Å². The molecule has 1 unspecified atom stereocenters. The summed E-state index contributed by atoms with van der Waals surface area (Å²) >= 11 is 5.88. The van der Waals surface area contributed by atoms with Gasteiger partial charge in [-0.1, -0.05) is 11.6 Å². The zero-order chi connectivity index (χ0) is 17.1. The second-order valence-corrected chi connectivity index (χ2v) is 6.84. The summed E-state index contributed by atoms with van der Waals surface area (Å²) in [6, 6.07) is 7.46. The maximum Gasteiger partial charge on any atom is 0.228 e. The number of rotatable bonds is 4. The lowest BCUT2D eigenvalue weighted by atomic mass is 9.91. The molecule has 1 aliphatic rings. The second-order valence-electron chi connectivity index (χ2n) is 6.40. The molecule has 128 valence electrons. The molecule has 3 rings (SSSR count). The van der Waals surface area contributed by atoms with Crippen LogP contribution < -0.4 is 5.73 Å². The lowest BCUT2D eigenvalue weighted by Gasteiger charge is -2.33. The van der Waals surface area contributed by atoms with Crippen molar-refractivity contribution in [3.8, 4) is 11.5 Å². The van der Waals surface area contributed by atoms with Crippen molar-refractivity contribution in [2.45, 2.75) is 32.2 Å². The van der Waals surface area contributed by atoms with Gasteiger partial charge >= 0.3 is 0 Å². The Morgan fingerprint density at radius 1 is 1.38 bits per heavy atom. The Morgan fingerprint density at radius 2 is 2.04 bits per heavy atom. The zero-order valence-electron chi connectivity index (χ0n) is 13.7. The van der Waals surface area contributed by atoms with E-state index in [1.165, 1.54) is 0 Å². The maximum atomic E-state index is 12.4. The minimum absolute atomic E-state index is 0.0917. The van der Waals surface area contributed by atoms with Crippen LogP contribution in [-0.2, 0) is 11.2 Å². The number of nitrogens with zero attached hydrogens (tertiary/aromatic N) is 2. The van der Waals surface area contributed by atoms with Gasteiger partial charge in [0.15, 0.2) is 0 Å². The fourth-order valence-electron chi connectivity index (χ4n) is 3.05. The summed E-state index contributed by atoms with van der Waals surface area (Å²) in [6.45, 7) is 3.58. The normalized spacial score (nSPS) is 17.0. The number of piperidine rings is 1. The number of nitrogens with two attached hydrogens (primary N) is 1. The van der Waals surface area contributed by atoms with Gasteiger partial charge in [-0.05, 0) is 49.9 Å². The van der Waals surface area contributed by atoms with Crippen molar-refractivity contribution in [2.24, 2.45) is 11.7 Å². The van der Waals surface area contributed by atoms with E-state index < -0.39 is 0 Å². The van der Waals surface area contributed by atoms with Crippen LogP contribution >= 0.6 is 11.6 Å². The largest absolute Gasteiger partial charge is 0.444 e. The van der Waals surface area contributed by atoms with Crippen LogP contribution in [-0.4, -0.2) is 34.9 Å². The van der Waals surface area contributed by atoms with Crippen molar-refractivity contribution >= 4 is 17.5 Å². The fourth-order valence-corrected chi connectivity index (χ4v) is 3.18. The fraction of sp³-hybridized carbons (Fsp3) is 0.444. The van der Waals surface area contributed by atoms with Crippen LogP contribution in [0.5, 0.6) is 0 Å². The summed E-state index contributed by atoms with van der Waals surface area (Å²) in [7, 11) is 0. The standard InChI is InChI=1S/C18H22ClN3O2/c1-12(20)13-6-8-22(9-7-13)17(23)10-16-11-24-18(21-16)14-2-4-15(19)5-3-14/h2-5,11-13H,6-10,20H2,1H3. The molecular weight excluding hydrogens is 326 g/mol. The van der Waals surface area contributed by atoms with E-state index in [1.54, 1.807) is 18.4 Å². The third-order valence-corrected chi connectivity index (χ3v) is 4.86. The predicted octanol–water partition coefficient (Wildman–Crippen LogP) is 3.12. The van der Waals surface area contributed by atoms with Crippen LogP contribution in [0, 0.1) is 5.92 Å². The quantitative estimate of drug-likeness (QED) is 0.922. The van der Waals surface area contributed by atoms with Gasteiger partial charge in [0, 0.05) is 29.7 Å². The number of likely N-dealkylation sites (tertiary alicyclic amines) is 1. The molecule has 1 fully saturated rings. The number of oxazole rings is 1. The molecule has 0 bridgehead atoms. The summed E-state index contributed by atoms with van der Waals surface area (Å²) in [6.07, 6.45) is 3.76. The molecule has 2 N–H and O–H groups in total. The Bertz CT molecular complexity index is 689. The predicted molar refractivity (Wildman–Crippen MR) is 93.6 cm³/mol. The van der Waals surface area contributed by atoms with E-state index in [9.17, 15) is 4.79 Å². The average molecular weight is 348 g/mol. The summed E-state index contributed by atoms with van der Waals surface area (Å²) in [4.78, 5) is 18.7. The van der Waals surface area contributed by atoms with Crippen LogP contribution in [0.1, 0.15) is 25.5 Å². The Kier molecular flexibility index (Phi) is 5.21. The van der Waals surface area contributed by atoms with E-state index in [2.05, 4.69) is 4.98 Å². The first-order chi connectivity index (χ1) is 11.5. The summed E-state index contributed by atoms with van der Waals surface area (Å²) in [5, 5.41) is 0.663. The summed E-state index contributed by atoms with van der Waals surface area (Å²) in [5.74, 6) is 1.11. The molecule has 0 aliphatic carbocycles. The minimum atomic E-state index is 0.0917. The van der Waals surface area contributed by atoms with E-state index in [0.29, 0.717) is 22.5 Å². The number of halogens is 1. The number of hydrogen-bond donors (Lipinski definition) is 1. The number of benzene rings is 1. The van der Waals surface area contributed by atoms with Crippen molar-refractivity contribution in [2.75, 3.05) is 13.1 Å². The van der Waals surface area contributed by atoms with Crippen molar-refractivity contribution in [3.05, 3.63) is 41.2 Å². The summed E-state index contributed by atoms with van der Waals surface area (Å²) in [5.41, 5.74) is 7.44. The number of carbonyl (C=O) groups is 1. The van der Waals surface area contributed by atoms with Gasteiger partial charge in [-0.15, -0.1) is 0 Å². The third-order valence-electron chi connectivity index (χ3n) is 4.61. The Balaban J connectivity index is 1.59. The van der Waals surface area contributed by atoms with Crippen molar-refractivity contribution in [1.29, 1.82) is 0 Å². The molecule has 1 amide bonds. The van der Waals surface area contributed by atoms with E-state index in [1.807, 2.05) is 24.0 Å². The molecule has 2 heterocycles. The topological polar surface area (TPSA) is 72.4 Å². The van der Waals surface area contributed by atoms with Gasteiger partial charge in [-0.25, -0.2) is 4.98 Å². The van der Waals surface area contributed by atoms with Crippen LogP contribution in [0.15, 0.2) is 34.9 Å². The summed E-state index contributed by atoms with van der Waals surface area (Å²) < 4.78 is 5.49.